The van der Waals surface area contributed by atoms with Gasteiger partial charge in [-0.1, -0.05) is 23.7 Å². The van der Waals surface area contributed by atoms with Crippen molar-refractivity contribution in [1.82, 2.24) is 7.94 Å². The highest BCUT2D eigenvalue weighted by atomic mass is 35.5. The number of aromatic nitrogens is 2. The maximum Gasteiger partial charge on any atom is 0.573 e. The molecule has 0 fully saturated rings. The minimum Gasteiger partial charge on any atom is -0.406 e. The first kappa shape index (κ1) is 23.9. The monoisotopic (exact) mass is 532 g/mol. The number of alkyl halides is 3. The lowest BCUT2D eigenvalue weighted by molar-refractivity contribution is -0.274. The molecule has 0 amide bonds. The van der Waals surface area contributed by atoms with Gasteiger partial charge in [0.1, 0.15) is 5.75 Å². The van der Waals surface area contributed by atoms with Crippen LogP contribution < -0.4 is 10.4 Å². The average molecular weight is 533 g/mol. The number of rotatable bonds is 5. The predicted molar refractivity (Wildman–Crippen MR) is 116 cm³/mol. The summed E-state index contributed by atoms with van der Waals surface area (Å²) in [6.07, 6.45) is -4.99. The fourth-order valence-electron chi connectivity index (χ4n) is 3.19. The van der Waals surface area contributed by atoms with Crippen LogP contribution in [0.2, 0.25) is 5.02 Å². The molecule has 0 unspecified atom stereocenters. The van der Waals surface area contributed by atoms with E-state index in [1.165, 1.54) is 36.4 Å². The van der Waals surface area contributed by atoms with Crippen molar-refractivity contribution >= 4 is 42.7 Å². The predicted octanol–water partition coefficient (Wildman–Crippen LogP) is 3.83. The van der Waals surface area contributed by atoms with Crippen LogP contribution in [0.1, 0.15) is 0 Å². The molecular formula is C20H12ClF3N2O6S2. The Morgan fingerprint density at radius 3 is 1.53 bits per heavy atom. The van der Waals surface area contributed by atoms with Crippen LogP contribution in [0.4, 0.5) is 13.2 Å². The normalized spacial score (nSPS) is 12.7. The summed E-state index contributed by atoms with van der Waals surface area (Å²) in [5.74, 6) is -0.674. The maximum atomic E-state index is 13.3. The summed E-state index contributed by atoms with van der Waals surface area (Å²) < 4.78 is 94.5. The van der Waals surface area contributed by atoms with E-state index in [-0.39, 0.29) is 24.9 Å². The molecule has 0 aliphatic rings. The van der Waals surface area contributed by atoms with E-state index in [9.17, 15) is 34.8 Å². The van der Waals surface area contributed by atoms with Crippen molar-refractivity contribution in [2.75, 3.05) is 0 Å². The highest BCUT2D eigenvalue weighted by molar-refractivity contribution is 7.91. The lowest BCUT2D eigenvalue weighted by Crippen LogP contribution is -2.33. The minimum atomic E-state index is -4.99. The molecule has 0 saturated heterocycles. The lowest BCUT2D eigenvalue weighted by atomic mass is 10.3. The van der Waals surface area contributed by atoms with E-state index in [0.717, 1.165) is 36.4 Å². The Hall–Kier alpha value is -3.29. The zero-order valence-corrected chi connectivity index (χ0v) is 19.0. The topological polar surface area (TPSA) is 104 Å². The van der Waals surface area contributed by atoms with Crippen molar-refractivity contribution in [2.24, 2.45) is 0 Å². The van der Waals surface area contributed by atoms with Gasteiger partial charge in [-0.05, 0) is 60.7 Å². The van der Waals surface area contributed by atoms with E-state index in [4.69, 9.17) is 11.6 Å². The smallest absolute Gasteiger partial charge is 0.406 e. The Labute approximate surface area is 195 Å². The molecule has 3 aromatic carbocycles. The van der Waals surface area contributed by atoms with Crippen LogP contribution in [0.3, 0.4) is 0 Å². The number of hydrogen-bond acceptors (Lipinski definition) is 6. The Kier molecular flexibility index (Phi) is 5.74. The molecule has 0 radical (unpaired) electrons. The fraction of sp³-hybridized carbons (Fsp3) is 0.0500. The molecule has 1 heterocycles. The second-order valence-electron chi connectivity index (χ2n) is 6.78. The molecule has 1 aromatic heterocycles. The summed E-state index contributed by atoms with van der Waals surface area (Å²) in [5.41, 5.74) is -1.88. The van der Waals surface area contributed by atoms with Gasteiger partial charge in [0.25, 0.3) is 20.0 Å². The third-order valence-electron chi connectivity index (χ3n) is 4.61. The van der Waals surface area contributed by atoms with E-state index in [2.05, 4.69) is 4.74 Å². The van der Waals surface area contributed by atoms with Crippen molar-refractivity contribution in [3.05, 3.63) is 88.3 Å². The van der Waals surface area contributed by atoms with Gasteiger partial charge in [-0.2, -0.15) is 7.94 Å². The number of nitrogens with zero attached hydrogens (tertiary/aromatic N) is 2. The Morgan fingerprint density at radius 2 is 1.12 bits per heavy atom. The van der Waals surface area contributed by atoms with Crippen molar-refractivity contribution in [3.8, 4) is 5.75 Å². The van der Waals surface area contributed by atoms with Gasteiger partial charge in [-0.15, -0.1) is 13.2 Å². The number of hydrogen-bond donors (Lipinski definition) is 0. The summed E-state index contributed by atoms with van der Waals surface area (Å²) in [4.78, 5) is 12.3. The van der Waals surface area contributed by atoms with Crippen LogP contribution >= 0.6 is 11.6 Å². The Bertz CT molecular complexity index is 1660. The van der Waals surface area contributed by atoms with Crippen LogP contribution in [0.5, 0.6) is 5.75 Å². The maximum absolute atomic E-state index is 13.3. The van der Waals surface area contributed by atoms with Gasteiger partial charge in [-0.3, -0.25) is 0 Å². The van der Waals surface area contributed by atoms with Crippen molar-refractivity contribution in [3.63, 3.8) is 0 Å². The van der Waals surface area contributed by atoms with Crippen LogP contribution in [0.25, 0.3) is 11.0 Å². The molecule has 0 aliphatic heterocycles. The van der Waals surface area contributed by atoms with Gasteiger partial charge in [0, 0.05) is 5.02 Å². The van der Waals surface area contributed by atoms with Crippen molar-refractivity contribution in [2.45, 2.75) is 16.2 Å². The van der Waals surface area contributed by atoms with E-state index < -0.39 is 42.7 Å². The molecule has 0 aliphatic carbocycles. The molecule has 4 aromatic rings. The molecular weight excluding hydrogens is 521 g/mol. The van der Waals surface area contributed by atoms with Crippen LogP contribution in [0, 0.1) is 0 Å². The molecule has 4 rings (SSSR count). The largest absolute Gasteiger partial charge is 0.573 e. The number of halogens is 4. The molecule has 34 heavy (non-hydrogen) atoms. The zero-order chi connectivity index (χ0) is 24.9. The first-order chi connectivity index (χ1) is 15.8. The molecule has 0 N–H and O–H groups in total. The highest BCUT2D eigenvalue weighted by Crippen LogP contribution is 2.27. The Balaban J connectivity index is 1.92. The zero-order valence-electron chi connectivity index (χ0n) is 16.6. The van der Waals surface area contributed by atoms with Gasteiger partial charge >= 0.3 is 12.1 Å². The number of ether oxygens (including phenoxy) is 1. The SMILES string of the molecule is O=c1n(S(=O)(=O)c2ccc(Cl)cc2)c2ccccc2n1S(=O)(=O)c1ccc(OC(F)(F)F)cc1. The van der Waals surface area contributed by atoms with Crippen molar-refractivity contribution in [1.29, 1.82) is 0 Å². The first-order valence-electron chi connectivity index (χ1n) is 9.17. The van der Waals surface area contributed by atoms with E-state index in [0.29, 0.717) is 3.97 Å². The molecule has 0 bridgehead atoms. The highest BCUT2D eigenvalue weighted by Gasteiger charge is 2.33. The summed E-state index contributed by atoms with van der Waals surface area (Å²) in [6.45, 7) is 0. The average Bonchev–Trinajstić information content (AvgIpc) is 3.06. The van der Waals surface area contributed by atoms with Gasteiger partial charge < -0.3 is 4.74 Å². The quantitative estimate of drug-likeness (QED) is 0.387. The van der Waals surface area contributed by atoms with Gasteiger partial charge in [-0.25, -0.2) is 21.6 Å². The Morgan fingerprint density at radius 1 is 0.706 bits per heavy atom. The summed E-state index contributed by atoms with van der Waals surface area (Å²) in [5, 5.41) is 0.245. The number of benzene rings is 3. The summed E-state index contributed by atoms with van der Waals surface area (Å²) in [6, 6.07) is 13.3. The van der Waals surface area contributed by atoms with Crippen LogP contribution in [0.15, 0.2) is 87.4 Å². The van der Waals surface area contributed by atoms with E-state index in [1.807, 2.05) is 0 Å². The first-order valence-corrected chi connectivity index (χ1v) is 12.4. The van der Waals surface area contributed by atoms with E-state index >= 15 is 0 Å². The van der Waals surface area contributed by atoms with Gasteiger partial charge in [0.05, 0.1) is 20.8 Å². The van der Waals surface area contributed by atoms with Crippen molar-refractivity contribution < 1.29 is 34.7 Å². The van der Waals surface area contributed by atoms with Gasteiger partial charge in [0.2, 0.25) is 0 Å². The molecule has 178 valence electrons. The number of fused-ring (bicyclic) bond motifs is 1. The van der Waals surface area contributed by atoms with Gasteiger partial charge in [0.15, 0.2) is 0 Å². The molecule has 14 heteroatoms. The second kappa shape index (κ2) is 8.18. The molecule has 0 atom stereocenters. The third-order valence-corrected chi connectivity index (χ3v) is 8.27. The van der Waals surface area contributed by atoms with Crippen LogP contribution in [-0.2, 0) is 20.0 Å². The number of para-hydroxylation sites is 2. The molecule has 0 spiro atoms. The molecule has 8 nitrogen and oxygen atoms in total. The number of imidazole rings is 1. The van der Waals surface area contributed by atoms with E-state index in [1.54, 1.807) is 0 Å². The fourth-order valence-corrected chi connectivity index (χ4v) is 6.15. The lowest BCUT2D eigenvalue weighted by Gasteiger charge is -2.10. The third kappa shape index (κ3) is 4.17. The van der Waals surface area contributed by atoms with Crippen LogP contribution in [-0.4, -0.2) is 31.1 Å². The summed E-state index contributed by atoms with van der Waals surface area (Å²) >= 11 is 5.79. The minimum absolute atomic E-state index is 0.219. The molecule has 0 saturated carbocycles. The summed E-state index contributed by atoms with van der Waals surface area (Å²) in [7, 11) is -9.27. The standard InChI is InChI=1S/C20H12ClF3N2O6S2/c21-13-5-9-15(10-6-13)33(28,29)25-17-3-1-2-4-18(17)26(19(25)27)34(30,31)16-11-7-14(8-12-16)32-20(22,23)24/h1-12H. The second-order valence-corrected chi connectivity index (χ2v) is 10.8.